The summed E-state index contributed by atoms with van der Waals surface area (Å²) in [5.74, 6) is 0.173. The van der Waals surface area contributed by atoms with Crippen molar-refractivity contribution in [3.8, 4) is 11.1 Å². The maximum absolute atomic E-state index is 12.6. The Bertz CT molecular complexity index is 595. The van der Waals surface area contributed by atoms with Crippen molar-refractivity contribution in [2.75, 3.05) is 13.1 Å². The third kappa shape index (κ3) is 2.36. The molecule has 1 aromatic carbocycles. The van der Waals surface area contributed by atoms with Gasteiger partial charge in [0.2, 0.25) is 0 Å². The Morgan fingerprint density at radius 3 is 2.45 bits per heavy atom. The van der Waals surface area contributed by atoms with Crippen molar-refractivity contribution >= 4 is 5.91 Å². The molecule has 2 aromatic rings. The molecular weight excluding hydrogens is 248 g/mol. The van der Waals surface area contributed by atoms with E-state index >= 15 is 0 Å². The molecule has 1 aliphatic heterocycles. The maximum Gasteiger partial charge on any atom is 0.270 e. The largest absolute Gasteiger partial charge is 0.343 e. The van der Waals surface area contributed by atoms with Gasteiger partial charge in [-0.2, -0.15) is 0 Å². The summed E-state index contributed by atoms with van der Waals surface area (Å²) >= 11 is 0. The van der Waals surface area contributed by atoms with Crippen molar-refractivity contribution in [2.24, 2.45) is 0 Å². The number of hydrogen-bond donors (Lipinski definition) is 0. The third-order valence-corrected chi connectivity index (χ3v) is 3.96. The second-order valence-corrected chi connectivity index (χ2v) is 5.27. The highest BCUT2D eigenvalue weighted by molar-refractivity contribution is 5.94. The lowest BCUT2D eigenvalue weighted by Gasteiger charge is -2.16. The molecule has 1 saturated heterocycles. The van der Waals surface area contributed by atoms with Gasteiger partial charge in [-0.1, -0.05) is 30.3 Å². The third-order valence-electron chi connectivity index (χ3n) is 3.96. The Balaban J connectivity index is 1.94. The molecule has 20 heavy (non-hydrogen) atoms. The molecule has 0 aliphatic carbocycles. The first kappa shape index (κ1) is 13.0. The SMILES string of the molecule is CCn1cc(-c2ccccc2)cc1C(=O)N1CCCC1. The van der Waals surface area contributed by atoms with Crippen LogP contribution < -0.4 is 0 Å². The summed E-state index contributed by atoms with van der Waals surface area (Å²) < 4.78 is 2.06. The van der Waals surface area contributed by atoms with Crippen LogP contribution in [0.3, 0.4) is 0 Å². The van der Waals surface area contributed by atoms with E-state index in [1.807, 2.05) is 29.2 Å². The molecular formula is C17H20N2O. The highest BCUT2D eigenvalue weighted by Gasteiger charge is 2.22. The number of carbonyl (C=O) groups is 1. The van der Waals surface area contributed by atoms with Gasteiger partial charge in [0.1, 0.15) is 5.69 Å². The minimum absolute atomic E-state index is 0.173. The van der Waals surface area contributed by atoms with Crippen LogP contribution in [0, 0.1) is 0 Å². The first-order valence-corrected chi connectivity index (χ1v) is 7.34. The molecule has 104 valence electrons. The topological polar surface area (TPSA) is 25.2 Å². The van der Waals surface area contributed by atoms with Crippen molar-refractivity contribution in [2.45, 2.75) is 26.3 Å². The van der Waals surface area contributed by atoms with Gasteiger partial charge in [0.05, 0.1) is 0 Å². The Morgan fingerprint density at radius 2 is 1.80 bits per heavy atom. The molecule has 1 fully saturated rings. The highest BCUT2D eigenvalue weighted by Crippen LogP contribution is 2.24. The number of benzene rings is 1. The Morgan fingerprint density at radius 1 is 1.10 bits per heavy atom. The number of hydrogen-bond acceptors (Lipinski definition) is 1. The molecule has 0 radical (unpaired) electrons. The van der Waals surface area contributed by atoms with E-state index in [-0.39, 0.29) is 5.91 Å². The number of aryl methyl sites for hydroxylation is 1. The first-order chi connectivity index (χ1) is 9.79. The van der Waals surface area contributed by atoms with Crippen LogP contribution in [0.1, 0.15) is 30.3 Å². The van der Waals surface area contributed by atoms with Crippen LogP contribution in [-0.2, 0) is 6.54 Å². The average Bonchev–Trinajstić information content (AvgIpc) is 3.17. The number of carbonyl (C=O) groups excluding carboxylic acids is 1. The lowest BCUT2D eigenvalue weighted by molar-refractivity contribution is 0.0782. The fourth-order valence-electron chi connectivity index (χ4n) is 2.82. The molecule has 0 spiro atoms. The molecule has 3 heteroatoms. The van der Waals surface area contributed by atoms with Crippen molar-refractivity contribution in [3.63, 3.8) is 0 Å². The maximum atomic E-state index is 12.6. The van der Waals surface area contributed by atoms with Crippen molar-refractivity contribution in [3.05, 3.63) is 48.3 Å². The van der Waals surface area contributed by atoms with E-state index in [2.05, 4.69) is 29.8 Å². The van der Waals surface area contributed by atoms with Gasteiger partial charge in [-0.25, -0.2) is 0 Å². The van der Waals surface area contributed by atoms with E-state index in [4.69, 9.17) is 0 Å². The second-order valence-electron chi connectivity index (χ2n) is 5.27. The molecule has 0 N–H and O–H groups in total. The summed E-state index contributed by atoms with van der Waals surface area (Å²) in [5.41, 5.74) is 3.10. The number of likely N-dealkylation sites (tertiary alicyclic amines) is 1. The molecule has 3 rings (SSSR count). The average molecular weight is 268 g/mol. The van der Waals surface area contributed by atoms with Gasteiger partial charge in [-0.3, -0.25) is 4.79 Å². The van der Waals surface area contributed by atoms with Crippen molar-refractivity contribution in [1.82, 2.24) is 9.47 Å². The Hall–Kier alpha value is -2.03. The molecule has 2 heterocycles. The summed E-state index contributed by atoms with van der Waals surface area (Å²) in [6, 6.07) is 12.3. The van der Waals surface area contributed by atoms with Crippen LogP contribution in [0.5, 0.6) is 0 Å². The lowest BCUT2D eigenvalue weighted by Crippen LogP contribution is -2.29. The molecule has 1 amide bonds. The zero-order valence-electron chi connectivity index (χ0n) is 11.9. The van der Waals surface area contributed by atoms with Gasteiger partial charge in [0.25, 0.3) is 5.91 Å². The summed E-state index contributed by atoms with van der Waals surface area (Å²) in [4.78, 5) is 14.5. The summed E-state index contributed by atoms with van der Waals surface area (Å²) in [6.45, 7) is 4.69. The number of aromatic nitrogens is 1. The van der Waals surface area contributed by atoms with E-state index < -0.39 is 0 Å². The zero-order chi connectivity index (χ0) is 13.9. The summed E-state index contributed by atoms with van der Waals surface area (Å²) in [7, 11) is 0. The van der Waals surface area contributed by atoms with Gasteiger partial charge in [-0.15, -0.1) is 0 Å². The number of nitrogens with zero attached hydrogens (tertiary/aromatic N) is 2. The van der Waals surface area contributed by atoms with Gasteiger partial charge >= 0.3 is 0 Å². The standard InChI is InChI=1S/C17H20N2O/c1-2-18-13-15(14-8-4-3-5-9-14)12-16(18)17(20)19-10-6-7-11-19/h3-5,8-9,12-13H,2,6-7,10-11H2,1H3. The monoisotopic (exact) mass is 268 g/mol. The first-order valence-electron chi connectivity index (χ1n) is 7.34. The minimum Gasteiger partial charge on any atom is -0.343 e. The van der Waals surface area contributed by atoms with Crippen molar-refractivity contribution in [1.29, 1.82) is 0 Å². The van der Waals surface area contributed by atoms with Crippen LogP contribution in [0.15, 0.2) is 42.6 Å². The molecule has 0 atom stereocenters. The van der Waals surface area contributed by atoms with E-state index in [1.165, 1.54) is 0 Å². The van der Waals surface area contributed by atoms with Gasteiger partial charge in [0, 0.05) is 31.4 Å². The van der Waals surface area contributed by atoms with Crippen LogP contribution in [0.2, 0.25) is 0 Å². The normalized spacial score (nSPS) is 14.8. The van der Waals surface area contributed by atoms with E-state index in [9.17, 15) is 4.79 Å². The minimum atomic E-state index is 0.173. The fraction of sp³-hybridized carbons (Fsp3) is 0.353. The number of rotatable bonds is 3. The van der Waals surface area contributed by atoms with Crippen LogP contribution in [-0.4, -0.2) is 28.5 Å². The van der Waals surface area contributed by atoms with Gasteiger partial charge in [-0.05, 0) is 31.4 Å². The van der Waals surface area contributed by atoms with Crippen LogP contribution in [0.25, 0.3) is 11.1 Å². The zero-order valence-corrected chi connectivity index (χ0v) is 11.9. The predicted octanol–water partition coefficient (Wildman–Crippen LogP) is 3.41. The van der Waals surface area contributed by atoms with E-state index in [0.29, 0.717) is 0 Å². The van der Waals surface area contributed by atoms with Gasteiger partial charge in [0.15, 0.2) is 0 Å². The van der Waals surface area contributed by atoms with E-state index in [1.54, 1.807) is 0 Å². The van der Waals surface area contributed by atoms with Crippen LogP contribution in [0.4, 0.5) is 0 Å². The summed E-state index contributed by atoms with van der Waals surface area (Å²) in [5, 5.41) is 0. The quantitative estimate of drug-likeness (QED) is 0.837. The van der Waals surface area contributed by atoms with E-state index in [0.717, 1.165) is 49.3 Å². The predicted molar refractivity (Wildman–Crippen MR) is 80.7 cm³/mol. The van der Waals surface area contributed by atoms with Crippen LogP contribution >= 0.6 is 0 Å². The second kappa shape index (κ2) is 5.53. The molecule has 0 bridgehead atoms. The molecule has 3 nitrogen and oxygen atoms in total. The molecule has 1 aromatic heterocycles. The van der Waals surface area contributed by atoms with Crippen molar-refractivity contribution < 1.29 is 4.79 Å². The Labute approximate surface area is 119 Å². The number of amides is 1. The fourth-order valence-corrected chi connectivity index (χ4v) is 2.82. The van der Waals surface area contributed by atoms with Gasteiger partial charge < -0.3 is 9.47 Å². The lowest BCUT2D eigenvalue weighted by atomic mass is 10.1. The Kier molecular flexibility index (Phi) is 3.59. The highest BCUT2D eigenvalue weighted by atomic mass is 16.2. The summed E-state index contributed by atoms with van der Waals surface area (Å²) in [6.07, 6.45) is 4.34. The molecule has 0 unspecified atom stereocenters. The molecule has 0 saturated carbocycles. The molecule has 1 aliphatic rings. The smallest absolute Gasteiger partial charge is 0.270 e.